The van der Waals surface area contributed by atoms with Crippen LogP contribution in [-0.2, 0) is 12.8 Å². The zero-order valence-corrected chi connectivity index (χ0v) is 22.8. The van der Waals surface area contributed by atoms with Crippen molar-refractivity contribution in [3.8, 4) is 28.6 Å². The highest BCUT2D eigenvalue weighted by Crippen LogP contribution is 2.34. The average Bonchev–Trinajstić information content (AvgIpc) is 2.93. The third-order valence-electron chi connectivity index (χ3n) is 6.59. The molecule has 0 aliphatic heterocycles. The van der Waals surface area contributed by atoms with Crippen LogP contribution < -0.4 is 14.9 Å². The van der Waals surface area contributed by atoms with E-state index in [0.29, 0.717) is 52.2 Å². The number of ketones is 1. The van der Waals surface area contributed by atoms with E-state index in [2.05, 4.69) is 0 Å². The molecule has 0 radical (unpaired) electrons. The van der Waals surface area contributed by atoms with Gasteiger partial charge in [-0.15, -0.1) is 0 Å². The van der Waals surface area contributed by atoms with Crippen molar-refractivity contribution in [2.45, 2.75) is 46.5 Å². The summed E-state index contributed by atoms with van der Waals surface area (Å²) < 4.78 is 18.2. The van der Waals surface area contributed by atoms with Crippen LogP contribution in [-0.4, -0.2) is 35.2 Å². The molecule has 0 fully saturated rings. The van der Waals surface area contributed by atoms with Gasteiger partial charge in [-0.25, -0.2) is 4.79 Å². The molecule has 0 saturated carbocycles. The molecule has 2 N–H and O–H groups in total. The summed E-state index contributed by atoms with van der Waals surface area (Å²) in [4.78, 5) is 36.0. The second kappa shape index (κ2) is 12.5. The standard InChI is InChI=1S/C32H32O8/c1-4-6-24-27(14-12-22(19(3)33)30(24)35)38-16-17-39-28-15-13-23-26(34)18-29(40-31(23)25(28)7-5-2)20-8-10-21(11-9-20)32(36)37/h8-15,18,35H,4-7,16-17H2,1-3H3,(H,36,37). The Labute approximate surface area is 231 Å². The van der Waals surface area contributed by atoms with Crippen LogP contribution in [0.4, 0.5) is 0 Å². The summed E-state index contributed by atoms with van der Waals surface area (Å²) in [7, 11) is 0. The van der Waals surface area contributed by atoms with Crippen LogP contribution >= 0.6 is 0 Å². The van der Waals surface area contributed by atoms with E-state index in [-0.39, 0.29) is 41.3 Å². The first-order chi connectivity index (χ1) is 19.2. The molecule has 1 heterocycles. The van der Waals surface area contributed by atoms with Crippen LogP contribution in [0, 0.1) is 0 Å². The number of carbonyl (C=O) groups is 2. The van der Waals surface area contributed by atoms with Crippen LogP contribution in [0.25, 0.3) is 22.3 Å². The van der Waals surface area contributed by atoms with Gasteiger partial charge in [-0.2, -0.15) is 0 Å². The number of hydrogen-bond donors (Lipinski definition) is 2. The number of aryl methyl sites for hydroxylation is 1. The molecule has 0 spiro atoms. The first-order valence-electron chi connectivity index (χ1n) is 13.3. The number of ether oxygens (including phenoxy) is 2. The van der Waals surface area contributed by atoms with Crippen molar-refractivity contribution >= 4 is 22.7 Å². The number of hydrogen-bond acceptors (Lipinski definition) is 7. The van der Waals surface area contributed by atoms with Crippen molar-refractivity contribution in [2.75, 3.05) is 13.2 Å². The van der Waals surface area contributed by atoms with Crippen molar-refractivity contribution < 1.29 is 33.7 Å². The fourth-order valence-corrected chi connectivity index (χ4v) is 4.63. The van der Waals surface area contributed by atoms with E-state index in [1.807, 2.05) is 13.8 Å². The molecular weight excluding hydrogens is 512 g/mol. The second-order valence-corrected chi connectivity index (χ2v) is 9.47. The Morgan fingerprint density at radius 1 is 0.850 bits per heavy atom. The summed E-state index contributed by atoms with van der Waals surface area (Å²) >= 11 is 0. The average molecular weight is 545 g/mol. The van der Waals surface area contributed by atoms with E-state index >= 15 is 0 Å². The summed E-state index contributed by atoms with van der Waals surface area (Å²) in [6, 6.07) is 14.2. The third-order valence-corrected chi connectivity index (χ3v) is 6.59. The minimum atomic E-state index is -1.03. The third kappa shape index (κ3) is 6.01. The summed E-state index contributed by atoms with van der Waals surface area (Å²) in [5.74, 6) is 0.124. The molecule has 40 heavy (non-hydrogen) atoms. The smallest absolute Gasteiger partial charge is 0.335 e. The van der Waals surface area contributed by atoms with Crippen molar-refractivity contribution in [1.82, 2.24) is 0 Å². The number of carboxylic acid groups (broad SMARTS) is 1. The van der Waals surface area contributed by atoms with Gasteiger partial charge in [0.15, 0.2) is 11.2 Å². The predicted octanol–water partition coefficient (Wildman–Crippen LogP) is 6.43. The maximum atomic E-state index is 13.0. The Morgan fingerprint density at radius 2 is 1.45 bits per heavy atom. The Kier molecular flexibility index (Phi) is 8.89. The Hall–Kier alpha value is -4.59. The molecule has 0 atom stereocenters. The Balaban J connectivity index is 1.58. The van der Waals surface area contributed by atoms with Gasteiger partial charge in [0.1, 0.15) is 41.8 Å². The van der Waals surface area contributed by atoms with Crippen LogP contribution in [0.2, 0.25) is 0 Å². The summed E-state index contributed by atoms with van der Waals surface area (Å²) in [6.45, 7) is 5.81. The van der Waals surface area contributed by atoms with E-state index in [0.717, 1.165) is 18.4 Å². The normalized spacial score (nSPS) is 11.0. The highest BCUT2D eigenvalue weighted by molar-refractivity contribution is 5.97. The van der Waals surface area contributed by atoms with Gasteiger partial charge in [0.25, 0.3) is 0 Å². The molecule has 4 rings (SSSR count). The SMILES string of the molecule is CCCc1c(OCCOc2ccc3c(=O)cc(-c4ccc(C(=O)O)cc4)oc3c2CCC)ccc(C(C)=O)c1O. The monoisotopic (exact) mass is 544 g/mol. The first kappa shape index (κ1) is 28.4. The number of aromatic carboxylic acids is 1. The molecule has 4 aromatic rings. The maximum Gasteiger partial charge on any atom is 0.335 e. The lowest BCUT2D eigenvalue weighted by Gasteiger charge is -2.16. The number of Topliss-reactive ketones (excluding diaryl/α,β-unsaturated/α-hetero) is 1. The molecule has 0 aliphatic rings. The largest absolute Gasteiger partial charge is 0.507 e. The first-order valence-corrected chi connectivity index (χ1v) is 13.3. The van der Waals surface area contributed by atoms with Gasteiger partial charge in [-0.05, 0) is 56.2 Å². The quantitative estimate of drug-likeness (QED) is 0.155. The van der Waals surface area contributed by atoms with Gasteiger partial charge in [-0.1, -0.05) is 38.8 Å². The fourth-order valence-electron chi connectivity index (χ4n) is 4.63. The molecule has 0 saturated heterocycles. The highest BCUT2D eigenvalue weighted by Gasteiger charge is 2.18. The molecule has 8 heteroatoms. The maximum absolute atomic E-state index is 13.0. The van der Waals surface area contributed by atoms with E-state index in [1.165, 1.54) is 25.1 Å². The lowest BCUT2D eigenvalue weighted by molar-refractivity contribution is 0.0696. The minimum Gasteiger partial charge on any atom is -0.507 e. The highest BCUT2D eigenvalue weighted by atomic mass is 16.5. The number of carbonyl (C=O) groups excluding carboxylic acids is 1. The van der Waals surface area contributed by atoms with Gasteiger partial charge in [0.2, 0.25) is 0 Å². The zero-order chi connectivity index (χ0) is 28.8. The molecule has 0 unspecified atom stereocenters. The van der Waals surface area contributed by atoms with Crippen molar-refractivity contribution in [2.24, 2.45) is 0 Å². The second-order valence-electron chi connectivity index (χ2n) is 9.47. The fraction of sp³-hybridized carbons (Fsp3) is 0.281. The van der Waals surface area contributed by atoms with Crippen LogP contribution in [0.1, 0.15) is 65.5 Å². The van der Waals surface area contributed by atoms with E-state index in [4.69, 9.17) is 13.9 Å². The minimum absolute atomic E-state index is 0.0454. The van der Waals surface area contributed by atoms with Crippen LogP contribution in [0.15, 0.2) is 63.8 Å². The van der Waals surface area contributed by atoms with Crippen molar-refractivity contribution in [3.05, 3.63) is 87.1 Å². The Morgan fingerprint density at radius 3 is 2.05 bits per heavy atom. The number of rotatable bonds is 12. The number of phenols is 1. The molecular formula is C32H32O8. The molecule has 1 aromatic heterocycles. The lowest BCUT2D eigenvalue weighted by Crippen LogP contribution is -2.12. The Bertz CT molecular complexity index is 1600. The topological polar surface area (TPSA) is 123 Å². The summed E-state index contributed by atoms with van der Waals surface area (Å²) in [6.07, 6.45) is 2.74. The molecule has 3 aromatic carbocycles. The van der Waals surface area contributed by atoms with Crippen LogP contribution in [0.3, 0.4) is 0 Å². The van der Waals surface area contributed by atoms with Gasteiger partial charge < -0.3 is 24.1 Å². The zero-order valence-electron chi connectivity index (χ0n) is 22.8. The molecule has 0 aliphatic carbocycles. The van der Waals surface area contributed by atoms with Gasteiger partial charge in [0.05, 0.1) is 16.5 Å². The van der Waals surface area contributed by atoms with E-state index in [9.17, 15) is 24.6 Å². The number of fused-ring (bicyclic) bond motifs is 1. The number of aromatic hydroxyl groups is 1. The van der Waals surface area contributed by atoms with Gasteiger partial charge in [-0.3, -0.25) is 9.59 Å². The van der Waals surface area contributed by atoms with Crippen molar-refractivity contribution in [3.63, 3.8) is 0 Å². The number of benzene rings is 3. The van der Waals surface area contributed by atoms with Crippen molar-refractivity contribution in [1.29, 1.82) is 0 Å². The van der Waals surface area contributed by atoms with E-state index in [1.54, 1.807) is 36.4 Å². The number of carboxylic acids is 1. The molecule has 0 amide bonds. The predicted molar refractivity (Wildman–Crippen MR) is 152 cm³/mol. The summed E-state index contributed by atoms with van der Waals surface area (Å²) in [5.41, 5.74) is 2.58. The van der Waals surface area contributed by atoms with Crippen LogP contribution in [0.5, 0.6) is 17.2 Å². The molecule has 208 valence electrons. The van der Waals surface area contributed by atoms with Gasteiger partial charge >= 0.3 is 5.97 Å². The molecule has 8 nitrogen and oxygen atoms in total. The number of phenolic OH excluding ortho intramolecular Hbond substituents is 1. The van der Waals surface area contributed by atoms with Gasteiger partial charge in [0, 0.05) is 22.8 Å². The summed E-state index contributed by atoms with van der Waals surface area (Å²) in [5, 5.41) is 20.2. The lowest BCUT2D eigenvalue weighted by atomic mass is 10.0. The van der Waals surface area contributed by atoms with E-state index < -0.39 is 5.97 Å². The molecule has 0 bridgehead atoms.